The first kappa shape index (κ1) is 21.6. The van der Waals surface area contributed by atoms with E-state index in [2.05, 4.69) is 14.8 Å². The fourth-order valence-electron chi connectivity index (χ4n) is 2.81. The molecule has 0 aliphatic carbocycles. The van der Waals surface area contributed by atoms with E-state index in [1.165, 1.54) is 32.4 Å². The zero-order chi connectivity index (χ0) is 22.5. The second-order valence-corrected chi connectivity index (χ2v) is 6.49. The lowest BCUT2D eigenvalue weighted by atomic mass is 10.1. The Bertz CT molecular complexity index is 1060. The van der Waals surface area contributed by atoms with Gasteiger partial charge < -0.3 is 23.9 Å². The molecule has 10 heteroatoms. The first-order chi connectivity index (χ1) is 14.8. The van der Waals surface area contributed by atoms with Crippen LogP contribution in [0.15, 0.2) is 46.5 Å². The number of urea groups is 1. The maximum atomic E-state index is 12.7. The number of carbonyl (C=O) groups excluding carboxylic acids is 4. The minimum absolute atomic E-state index is 0.0293. The highest BCUT2D eigenvalue weighted by atomic mass is 16.6. The molecule has 2 heterocycles. The number of amides is 3. The molecule has 1 unspecified atom stereocenters. The first-order valence-corrected chi connectivity index (χ1v) is 9.18. The molecule has 0 bridgehead atoms. The number of rotatable bonds is 7. The molecular formula is C21H20N2O8. The van der Waals surface area contributed by atoms with Gasteiger partial charge in [-0.25, -0.2) is 14.4 Å². The van der Waals surface area contributed by atoms with Gasteiger partial charge in [0.25, 0.3) is 5.91 Å². The molecule has 1 aliphatic heterocycles. The summed E-state index contributed by atoms with van der Waals surface area (Å²) in [7, 11) is 2.48. The number of hydrogen-bond donors (Lipinski definition) is 1. The highest BCUT2D eigenvalue weighted by Gasteiger charge is 2.34. The van der Waals surface area contributed by atoms with E-state index in [0.29, 0.717) is 11.3 Å². The molecule has 10 nitrogen and oxygen atoms in total. The average Bonchev–Trinajstić information content (AvgIpc) is 3.33. The number of benzene rings is 1. The number of furan rings is 1. The second-order valence-electron chi connectivity index (χ2n) is 6.49. The van der Waals surface area contributed by atoms with Crippen LogP contribution in [0, 0.1) is 0 Å². The fraction of sp³-hybridized carbons (Fsp3) is 0.238. The quantitative estimate of drug-likeness (QED) is 0.404. The van der Waals surface area contributed by atoms with Crippen molar-refractivity contribution in [2.24, 2.45) is 0 Å². The third kappa shape index (κ3) is 4.92. The third-order valence-corrected chi connectivity index (χ3v) is 4.34. The van der Waals surface area contributed by atoms with E-state index in [-0.39, 0.29) is 23.8 Å². The maximum absolute atomic E-state index is 12.7. The van der Waals surface area contributed by atoms with Crippen LogP contribution in [-0.4, -0.2) is 49.1 Å². The standard InChI is InChI=1S/C21H20N2O8/c1-12(19(25)28-2)30-14-6-4-5-13(9-14)10-16-18(24)23(21(27)22-16)11-15-7-8-17(31-15)20(26)29-3/h4-10,12H,11H2,1-3H3,(H,22,27). The van der Waals surface area contributed by atoms with E-state index in [1.54, 1.807) is 31.2 Å². The lowest BCUT2D eigenvalue weighted by Gasteiger charge is -2.12. The van der Waals surface area contributed by atoms with Gasteiger partial charge in [-0.2, -0.15) is 0 Å². The maximum Gasteiger partial charge on any atom is 0.373 e. The number of imide groups is 1. The van der Waals surface area contributed by atoms with E-state index in [0.717, 1.165) is 4.90 Å². The second kappa shape index (κ2) is 9.16. The molecule has 0 spiro atoms. The molecule has 3 rings (SSSR count). The van der Waals surface area contributed by atoms with Crippen LogP contribution >= 0.6 is 0 Å². The zero-order valence-corrected chi connectivity index (χ0v) is 17.0. The monoisotopic (exact) mass is 428 g/mol. The van der Waals surface area contributed by atoms with Gasteiger partial charge in [0.15, 0.2) is 6.10 Å². The van der Waals surface area contributed by atoms with Crippen LogP contribution in [0.4, 0.5) is 4.79 Å². The Hall–Kier alpha value is -4.08. The van der Waals surface area contributed by atoms with Crippen molar-refractivity contribution in [1.82, 2.24) is 10.2 Å². The summed E-state index contributed by atoms with van der Waals surface area (Å²) in [5, 5.41) is 2.50. The number of nitrogens with one attached hydrogen (secondary N) is 1. The zero-order valence-electron chi connectivity index (χ0n) is 17.0. The molecule has 162 valence electrons. The molecule has 3 amide bonds. The van der Waals surface area contributed by atoms with Crippen LogP contribution in [-0.2, 0) is 25.6 Å². The van der Waals surface area contributed by atoms with Crippen LogP contribution in [0.25, 0.3) is 6.08 Å². The highest BCUT2D eigenvalue weighted by molar-refractivity contribution is 6.13. The molecule has 1 aromatic heterocycles. The van der Waals surface area contributed by atoms with E-state index in [4.69, 9.17) is 9.15 Å². The van der Waals surface area contributed by atoms with E-state index in [1.807, 2.05) is 0 Å². The summed E-state index contributed by atoms with van der Waals surface area (Å²) in [6.45, 7) is 1.40. The van der Waals surface area contributed by atoms with Gasteiger partial charge >= 0.3 is 18.0 Å². The normalized spacial score (nSPS) is 15.6. The molecular weight excluding hydrogens is 408 g/mol. The summed E-state index contributed by atoms with van der Waals surface area (Å²) in [6.07, 6.45) is 0.678. The van der Waals surface area contributed by atoms with Crippen molar-refractivity contribution in [2.45, 2.75) is 19.6 Å². The number of methoxy groups -OCH3 is 2. The molecule has 1 fully saturated rings. The van der Waals surface area contributed by atoms with Gasteiger partial charge in [0.05, 0.1) is 20.8 Å². The van der Waals surface area contributed by atoms with Crippen LogP contribution in [0.5, 0.6) is 5.75 Å². The Kier molecular flexibility index (Phi) is 6.39. The largest absolute Gasteiger partial charge is 0.479 e. The number of ether oxygens (including phenoxy) is 3. The summed E-state index contributed by atoms with van der Waals surface area (Å²) in [4.78, 5) is 48.8. The van der Waals surface area contributed by atoms with Gasteiger partial charge in [0.1, 0.15) is 17.2 Å². The van der Waals surface area contributed by atoms with Crippen molar-refractivity contribution in [1.29, 1.82) is 0 Å². The topological polar surface area (TPSA) is 124 Å². The average molecular weight is 428 g/mol. The van der Waals surface area contributed by atoms with Gasteiger partial charge in [0.2, 0.25) is 5.76 Å². The summed E-state index contributed by atoms with van der Waals surface area (Å²) in [5.41, 5.74) is 0.633. The Morgan fingerprint density at radius 2 is 1.94 bits per heavy atom. The van der Waals surface area contributed by atoms with Gasteiger partial charge in [0, 0.05) is 0 Å². The summed E-state index contributed by atoms with van der Waals surface area (Å²) < 4.78 is 20.0. The van der Waals surface area contributed by atoms with E-state index in [9.17, 15) is 19.2 Å². The van der Waals surface area contributed by atoms with Crippen LogP contribution in [0.3, 0.4) is 0 Å². The van der Waals surface area contributed by atoms with Crippen molar-refractivity contribution in [3.8, 4) is 5.75 Å². The van der Waals surface area contributed by atoms with Gasteiger partial charge in [-0.3, -0.25) is 9.69 Å². The van der Waals surface area contributed by atoms with Crippen molar-refractivity contribution in [3.05, 3.63) is 59.2 Å². The van der Waals surface area contributed by atoms with Crippen LogP contribution < -0.4 is 10.1 Å². The van der Waals surface area contributed by atoms with Crippen molar-refractivity contribution in [2.75, 3.05) is 14.2 Å². The molecule has 1 N–H and O–H groups in total. The van der Waals surface area contributed by atoms with Crippen molar-refractivity contribution < 1.29 is 37.8 Å². The Labute approximate surface area is 177 Å². The number of nitrogens with zero attached hydrogens (tertiary/aromatic N) is 1. The minimum Gasteiger partial charge on any atom is -0.479 e. The molecule has 1 saturated heterocycles. The third-order valence-electron chi connectivity index (χ3n) is 4.34. The molecule has 0 radical (unpaired) electrons. The van der Waals surface area contributed by atoms with Gasteiger partial charge in [-0.15, -0.1) is 0 Å². The number of esters is 2. The fourth-order valence-corrected chi connectivity index (χ4v) is 2.81. The Balaban J connectivity index is 1.73. The van der Waals surface area contributed by atoms with Gasteiger partial charge in [-0.1, -0.05) is 12.1 Å². The van der Waals surface area contributed by atoms with Gasteiger partial charge in [-0.05, 0) is 42.8 Å². The molecule has 2 aromatic rings. The van der Waals surface area contributed by atoms with Crippen LogP contribution in [0.1, 0.15) is 28.8 Å². The molecule has 1 aliphatic rings. The predicted octanol–water partition coefficient (Wildman–Crippen LogP) is 2.10. The van der Waals surface area contributed by atoms with E-state index < -0.39 is 30.0 Å². The molecule has 1 aromatic carbocycles. The lowest BCUT2D eigenvalue weighted by molar-refractivity contribution is -0.147. The van der Waals surface area contributed by atoms with Crippen molar-refractivity contribution >= 4 is 30.0 Å². The Morgan fingerprint density at radius 1 is 1.16 bits per heavy atom. The van der Waals surface area contributed by atoms with E-state index >= 15 is 0 Å². The van der Waals surface area contributed by atoms with Crippen molar-refractivity contribution in [3.63, 3.8) is 0 Å². The molecule has 31 heavy (non-hydrogen) atoms. The SMILES string of the molecule is COC(=O)c1ccc(CN2C(=O)NC(=Cc3cccc(OC(C)C(=O)OC)c3)C2=O)o1. The first-order valence-electron chi connectivity index (χ1n) is 9.18. The minimum atomic E-state index is -0.806. The smallest absolute Gasteiger partial charge is 0.373 e. The summed E-state index contributed by atoms with van der Waals surface area (Å²) in [5.74, 6) is -1.13. The summed E-state index contributed by atoms with van der Waals surface area (Å²) >= 11 is 0. The predicted molar refractivity (Wildman–Crippen MR) is 106 cm³/mol. The number of carbonyl (C=O) groups is 4. The number of hydrogen-bond acceptors (Lipinski definition) is 8. The summed E-state index contributed by atoms with van der Waals surface area (Å²) in [6, 6.07) is 8.91. The molecule has 0 saturated carbocycles. The Morgan fingerprint density at radius 3 is 2.65 bits per heavy atom. The van der Waals surface area contributed by atoms with Crippen LogP contribution in [0.2, 0.25) is 0 Å². The molecule has 1 atom stereocenters. The highest BCUT2D eigenvalue weighted by Crippen LogP contribution is 2.21. The lowest BCUT2D eigenvalue weighted by Crippen LogP contribution is -2.30.